The number of H-pyrrole nitrogens is 1. The van der Waals surface area contributed by atoms with Gasteiger partial charge in [-0.3, -0.25) is 5.10 Å². The van der Waals surface area contributed by atoms with Gasteiger partial charge in [-0.05, 0) is 56.0 Å². The number of aryl methyl sites for hydroxylation is 1. The average Bonchev–Trinajstić information content (AvgIpc) is 2.97. The summed E-state index contributed by atoms with van der Waals surface area (Å²) < 4.78 is 0. The number of hydrogen-bond donors (Lipinski definition) is 2. The highest BCUT2D eigenvalue weighted by molar-refractivity contribution is 6.30. The fourth-order valence-corrected chi connectivity index (χ4v) is 3.07. The number of aromatic nitrogens is 3. The summed E-state index contributed by atoms with van der Waals surface area (Å²) in [5.74, 6) is 2.09. The summed E-state index contributed by atoms with van der Waals surface area (Å²) in [6.45, 7) is 4.68. The zero-order valence-electron chi connectivity index (χ0n) is 12.1. The normalized spacial score (nSPS) is 19.0. The van der Waals surface area contributed by atoms with Crippen LogP contribution in [0.2, 0.25) is 5.02 Å². The lowest BCUT2D eigenvalue weighted by molar-refractivity contribution is 0.420. The van der Waals surface area contributed by atoms with E-state index in [-0.39, 0.29) is 0 Å². The van der Waals surface area contributed by atoms with Crippen LogP contribution < -0.4 is 10.6 Å². The topological polar surface area (TPSA) is 70.8 Å². The second-order valence-electron chi connectivity index (χ2n) is 5.63. The fourth-order valence-electron chi connectivity index (χ4n) is 2.85. The molecule has 1 fully saturated rings. The first-order chi connectivity index (χ1) is 10.2. The predicted molar refractivity (Wildman–Crippen MR) is 85.6 cm³/mol. The van der Waals surface area contributed by atoms with Gasteiger partial charge in [-0.1, -0.05) is 11.6 Å². The van der Waals surface area contributed by atoms with Gasteiger partial charge < -0.3 is 10.6 Å². The molecule has 1 aromatic carbocycles. The van der Waals surface area contributed by atoms with E-state index in [1.54, 1.807) is 0 Å². The van der Waals surface area contributed by atoms with Crippen LogP contribution in [0.4, 0.5) is 5.95 Å². The molecule has 1 unspecified atom stereocenters. The highest BCUT2D eigenvalue weighted by Crippen LogP contribution is 2.26. The summed E-state index contributed by atoms with van der Waals surface area (Å²) in [6, 6.07) is 5.78. The van der Waals surface area contributed by atoms with E-state index >= 15 is 0 Å². The Kier molecular flexibility index (Phi) is 4.12. The zero-order valence-corrected chi connectivity index (χ0v) is 12.9. The number of hydrogen-bond acceptors (Lipinski definition) is 4. The Morgan fingerprint density at radius 2 is 2.33 bits per heavy atom. The lowest BCUT2D eigenvalue weighted by Gasteiger charge is -2.31. The van der Waals surface area contributed by atoms with Crippen LogP contribution in [0.3, 0.4) is 0 Å². The number of rotatable bonds is 3. The van der Waals surface area contributed by atoms with E-state index in [0.29, 0.717) is 5.92 Å². The smallest absolute Gasteiger partial charge is 0.245 e. The van der Waals surface area contributed by atoms with E-state index in [9.17, 15) is 0 Å². The standard InChI is InChI=1S/C15H20ClN5/c1-10-7-12(16)4-5-13(10)14-18-15(20-19-14)21-6-2-3-11(8-17)9-21/h4-5,7,11H,2-3,6,8-9,17H2,1H3,(H,18,19,20). The fraction of sp³-hybridized carbons (Fsp3) is 0.467. The molecule has 1 saturated heterocycles. The molecular weight excluding hydrogens is 286 g/mol. The van der Waals surface area contributed by atoms with Crippen LogP contribution in [0, 0.1) is 12.8 Å². The van der Waals surface area contributed by atoms with E-state index in [2.05, 4.69) is 20.1 Å². The molecule has 3 N–H and O–H groups in total. The van der Waals surface area contributed by atoms with Crippen LogP contribution in [0.15, 0.2) is 18.2 Å². The van der Waals surface area contributed by atoms with Gasteiger partial charge in [-0.2, -0.15) is 4.98 Å². The first-order valence-corrected chi connectivity index (χ1v) is 7.69. The number of anilines is 1. The number of aromatic amines is 1. The lowest BCUT2D eigenvalue weighted by Crippen LogP contribution is -2.38. The van der Waals surface area contributed by atoms with Crippen molar-refractivity contribution < 1.29 is 0 Å². The summed E-state index contributed by atoms with van der Waals surface area (Å²) in [4.78, 5) is 6.85. The number of benzene rings is 1. The molecule has 0 aliphatic carbocycles. The Balaban J connectivity index is 1.83. The van der Waals surface area contributed by atoms with Crippen LogP contribution in [0.1, 0.15) is 18.4 Å². The molecule has 3 rings (SSSR count). The molecule has 5 nitrogen and oxygen atoms in total. The summed E-state index contributed by atoms with van der Waals surface area (Å²) in [5.41, 5.74) is 7.91. The summed E-state index contributed by atoms with van der Waals surface area (Å²) >= 11 is 6.00. The van der Waals surface area contributed by atoms with Crippen molar-refractivity contribution >= 4 is 17.5 Å². The maximum atomic E-state index is 6.00. The molecule has 0 amide bonds. The first-order valence-electron chi connectivity index (χ1n) is 7.31. The number of nitrogens with one attached hydrogen (secondary N) is 1. The number of piperidine rings is 1. The van der Waals surface area contributed by atoms with Gasteiger partial charge in [0.1, 0.15) is 0 Å². The van der Waals surface area contributed by atoms with Crippen LogP contribution in [-0.2, 0) is 0 Å². The van der Waals surface area contributed by atoms with Gasteiger partial charge in [0.2, 0.25) is 5.95 Å². The van der Waals surface area contributed by atoms with Gasteiger partial charge in [-0.15, -0.1) is 5.10 Å². The molecule has 21 heavy (non-hydrogen) atoms. The van der Waals surface area contributed by atoms with Crippen molar-refractivity contribution in [3.8, 4) is 11.4 Å². The van der Waals surface area contributed by atoms with Gasteiger partial charge in [0.05, 0.1) is 0 Å². The Hall–Kier alpha value is -1.59. The molecule has 0 spiro atoms. The molecule has 6 heteroatoms. The van der Waals surface area contributed by atoms with Crippen molar-refractivity contribution in [1.29, 1.82) is 0 Å². The molecule has 0 bridgehead atoms. The highest BCUT2D eigenvalue weighted by atomic mass is 35.5. The molecule has 112 valence electrons. The molecule has 1 atom stereocenters. The number of nitrogens with zero attached hydrogens (tertiary/aromatic N) is 3. The van der Waals surface area contributed by atoms with Crippen molar-refractivity contribution in [1.82, 2.24) is 15.2 Å². The van der Waals surface area contributed by atoms with E-state index < -0.39 is 0 Å². The first kappa shape index (κ1) is 14.4. The SMILES string of the molecule is Cc1cc(Cl)ccc1-c1nc(N2CCCC(CN)C2)n[nH]1. The average molecular weight is 306 g/mol. The van der Waals surface area contributed by atoms with Crippen molar-refractivity contribution in [3.63, 3.8) is 0 Å². The third kappa shape index (κ3) is 3.04. The third-order valence-electron chi connectivity index (χ3n) is 4.05. The second-order valence-corrected chi connectivity index (χ2v) is 6.07. The van der Waals surface area contributed by atoms with E-state index in [1.807, 2.05) is 25.1 Å². The Labute approximate surface area is 129 Å². The zero-order chi connectivity index (χ0) is 14.8. The minimum Gasteiger partial charge on any atom is -0.339 e. The van der Waals surface area contributed by atoms with Crippen LogP contribution in [0.25, 0.3) is 11.4 Å². The van der Waals surface area contributed by atoms with Gasteiger partial charge in [0.15, 0.2) is 5.82 Å². The van der Waals surface area contributed by atoms with E-state index in [4.69, 9.17) is 17.3 Å². The molecule has 2 aromatic rings. The summed E-state index contributed by atoms with van der Waals surface area (Å²) in [7, 11) is 0. The molecule has 1 aliphatic rings. The third-order valence-corrected chi connectivity index (χ3v) is 4.29. The van der Waals surface area contributed by atoms with Gasteiger partial charge in [0, 0.05) is 23.7 Å². The maximum Gasteiger partial charge on any atom is 0.245 e. The molecular formula is C15H20ClN5. The van der Waals surface area contributed by atoms with E-state index in [1.165, 1.54) is 6.42 Å². The predicted octanol–water partition coefficient (Wildman–Crippen LogP) is 2.61. The Morgan fingerprint density at radius 1 is 1.48 bits per heavy atom. The summed E-state index contributed by atoms with van der Waals surface area (Å²) in [5, 5.41) is 8.13. The van der Waals surface area contributed by atoms with Gasteiger partial charge >= 0.3 is 0 Å². The monoisotopic (exact) mass is 305 g/mol. The minimum atomic E-state index is 0.540. The van der Waals surface area contributed by atoms with Crippen LogP contribution >= 0.6 is 11.6 Å². The largest absolute Gasteiger partial charge is 0.339 e. The molecule has 0 radical (unpaired) electrons. The maximum absolute atomic E-state index is 6.00. The Bertz CT molecular complexity index is 624. The highest BCUT2D eigenvalue weighted by Gasteiger charge is 2.22. The second kappa shape index (κ2) is 6.03. The molecule has 1 aromatic heterocycles. The van der Waals surface area contributed by atoms with Crippen LogP contribution in [-0.4, -0.2) is 34.8 Å². The van der Waals surface area contributed by atoms with Crippen molar-refractivity contribution in [2.45, 2.75) is 19.8 Å². The van der Waals surface area contributed by atoms with Gasteiger partial charge in [-0.25, -0.2) is 0 Å². The molecule has 0 saturated carbocycles. The summed E-state index contributed by atoms with van der Waals surface area (Å²) in [6.07, 6.45) is 2.34. The van der Waals surface area contributed by atoms with E-state index in [0.717, 1.165) is 54.0 Å². The number of nitrogens with two attached hydrogens (primary N) is 1. The molecule has 1 aliphatic heterocycles. The number of halogens is 1. The lowest BCUT2D eigenvalue weighted by atomic mass is 9.99. The Morgan fingerprint density at radius 3 is 3.10 bits per heavy atom. The van der Waals surface area contributed by atoms with Crippen LogP contribution in [0.5, 0.6) is 0 Å². The van der Waals surface area contributed by atoms with Crippen molar-refractivity contribution in [2.24, 2.45) is 11.7 Å². The van der Waals surface area contributed by atoms with Crippen molar-refractivity contribution in [3.05, 3.63) is 28.8 Å². The van der Waals surface area contributed by atoms with Crippen molar-refractivity contribution in [2.75, 3.05) is 24.5 Å². The van der Waals surface area contributed by atoms with Gasteiger partial charge in [0.25, 0.3) is 0 Å². The quantitative estimate of drug-likeness (QED) is 0.914. The molecule has 2 heterocycles. The minimum absolute atomic E-state index is 0.540.